The zero-order valence-corrected chi connectivity index (χ0v) is 15.8. The molecule has 6 nitrogen and oxygen atoms in total. The van der Waals surface area contributed by atoms with Crippen LogP contribution in [0.4, 0.5) is 0 Å². The molecule has 0 aromatic heterocycles. The summed E-state index contributed by atoms with van der Waals surface area (Å²) in [7, 11) is -0.463. The van der Waals surface area contributed by atoms with Crippen molar-refractivity contribution in [3.05, 3.63) is 46.0 Å². The van der Waals surface area contributed by atoms with E-state index < -0.39 is 13.6 Å². The van der Waals surface area contributed by atoms with Crippen molar-refractivity contribution in [3.63, 3.8) is 0 Å². The van der Waals surface area contributed by atoms with E-state index in [1.807, 2.05) is 19.9 Å². The number of hydrogen-bond donors (Lipinski definition) is 1. The molecule has 0 amide bonds. The van der Waals surface area contributed by atoms with Gasteiger partial charge >= 0.3 is 13.6 Å². The van der Waals surface area contributed by atoms with E-state index in [0.717, 1.165) is 16.7 Å². The van der Waals surface area contributed by atoms with Crippen molar-refractivity contribution >= 4 is 19.6 Å². The minimum atomic E-state index is -3.15. The van der Waals surface area contributed by atoms with Gasteiger partial charge < -0.3 is 18.9 Å². The molecule has 0 aliphatic carbocycles. The van der Waals surface area contributed by atoms with Crippen LogP contribution in [0.3, 0.4) is 0 Å². The second-order valence-corrected chi connectivity index (χ2v) is 8.16. The summed E-state index contributed by atoms with van der Waals surface area (Å²) in [5.41, 5.74) is 3.96. The second kappa shape index (κ2) is 7.56. The van der Waals surface area contributed by atoms with Crippen molar-refractivity contribution < 1.29 is 28.3 Å². The molecule has 1 N–H and O–H groups in total. The van der Waals surface area contributed by atoms with Crippen LogP contribution in [-0.4, -0.2) is 31.5 Å². The number of rotatable bonds is 7. The molecule has 0 unspecified atom stereocenters. The summed E-state index contributed by atoms with van der Waals surface area (Å²) >= 11 is 0. The number of carbonyl (C=O) groups excluding carboxylic acids is 1. The molecule has 0 fully saturated rings. The first-order chi connectivity index (χ1) is 11.8. The number of carbonyl (C=O) groups is 1. The van der Waals surface area contributed by atoms with Gasteiger partial charge in [0.15, 0.2) is 0 Å². The molecule has 0 radical (unpaired) electrons. The third-order valence-electron chi connectivity index (χ3n) is 4.42. The van der Waals surface area contributed by atoms with Crippen LogP contribution in [0.1, 0.15) is 39.5 Å². The van der Waals surface area contributed by atoms with E-state index in [4.69, 9.17) is 13.8 Å². The van der Waals surface area contributed by atoms with Gasteiger partial charge in [-0.1, -0.05) is 24.3 Å². The molecule has 0 atom stereocenters. The number of aromatic hydroxyl groups is 1. The number of benzene rings is 1. The predicted molar refractivity (Wildman–Crippen MR) is 96.0 cm³/mol. The molecule has 1 aliphatic heterocycles. The van der Waals surface area contributed by atoms with E-state index in [1.165, 1.54) is 14.2 Å². The Kier molecular flexibility index (Phi) is 5.88. The fourth-order valence-electron chi connectivity index (χ4n) is 2.94. The smallest absolute Gasteiger partial charge is 0.342 e. The van der Waals surface area contributed by atoms with Crippen molar-refractivity contribution in [3.8, 4) is 5.75 Å². The molecular formula is C18H23O6P. The van der Waals surface area contributed by atoms with E-state index in [1.54, 1.807) is 6.08 Å². The molecule has 1 aromatic carbocycles. The molecule has 0 spiro atoms. The van der Waals surface area contributed by atoms with Crippen LogP contribution < -0.4 is 0 Å². The maximum Gasteiger partial charge on any atom is 0.342 e. The summed E-state index contributed by atoms with van der Waals surface area (Å²) in [6.45, 7) is 7.66. The van der Waals surface area contributed by atoms with E-state index >= 15 is 0 Å². The van der Waals surface area contributed by atoms with Gasteiger partial charge in [-0.2, -0.15) is 0 Å². The van der Waals surface area contributed by atoms with Gasteiger partial charge in [0.25, 0.3) is 0 Å². The lowest BCUT2D eigenvalue weighted by molar-refractivity contribution is 0.0533. The Morgan fingerprint density at radius 2 is 2.04 bits per heavy atom. The first-order valence-corrected chi connectivity index (χ1v) is 9.53. The number of ether oxygens (including phenoxy) is 1. The molecule has 0 bridgehead atoms. The number of esters is 1. The molecule has 25 heavy (non-hydrogen) atoms. The molecule has 1 heterocycles. The quantitative estimate of drug-likeness (QED) is 0.446. The Morgan fingerprint density at radius 3 is 2.60 bits per heavy atom. The van der Waals surface area contributed by atoms with Crippen LogP contribution in [0.25, 0.3) is 6.08 Å². The van der Waals surface area contributed by atoms with Crippen molar-refractivity contribution in [1.82, 2.24) is 0 Å². The maximum atomic E-state index is 12.2. The van der Waals surface area contributed by atoms with Gasteiger partial charge in [-0.15, -0.1) is 0 Å². The molecular weight excluding hydrogens is 343 g/mol. The molecule has 0 saturated heterocycles. The van der Waals surface area contributed by atoms with Crippen LogP contribution in [0.15, 0.2) is 18.2 Å². The zero-order valence-electron chi connectivity index (χ0n) is 14.9. The van der Waals surface area contributed by atoms with Gasteiger partial charge in [0.05, 0.1) is 6.16 Å². The number of allylic oxidation sites excluding steroid dienone is 2. The molecule has 7 heteroatoms. The lowest BCUT2D eigenvalue weighted by atomic mass is 9.90. The Hall–Kier alpha value is -1.88. The Labute approximate surface area is 147 Å². The van der Waals surface area contributed by atoms with Crippen molar-refractivity contribution in [1.29, 1.82) is 0 Å². The lowest BCUT2D eigenvalue weighted by Gasteiger charge is -2.16. The topological polar surface area (TPSA) is 82.1 Å². The van der Waals surface area contributed by atoms with Crippen LogP contribution in [0.2, 0.25) is 0 Å². The third-order valence-corrected chi connectivity index (χ3v) is 6.41. The third kappa shape index (κ3) is 3.71. The number of cyclic esters (lactones) is 1. The van der Waals surface area contributed by atoms with Gasteiger partial charge in [-0.3, -0.25) is 4.57 Å². The van der Waals surface area contributed by atoms with Gasteiger partial charge in [-0.05, 0) is 31.4 Å². The van der Waals surface area contributed by atoms with Gasteiger partial charge in [-0.25, -0.2) is 4.79 Å². The van der Waals surface area contributed by atoms with E-state index in [9.17, 15) is 14.5 Å². The first kappa shape index (κ1) is 19.4. The SMILES string of the molecule is C=Cc1c(C)c2c(c(O)c1C/C=C(\C)CP(=O)(OC)OC)C(=O)OC2. The number of fused-ring (bicyclic) bond motifs is 1. The fourth-order valence-corrected chi connectivity index (χ4v) is 4.09. The van der Waals surface area contributed by atoms with Gasteiger partial charge in [0.2, 0.25) is 0 Å². The Bertz CT molecular complexity index is 785. The zero-order chi connectivity index (χ0) is 18.8. The maximum absolute atomic E-state index is 12.2. The van der Waals surface area contributed by atoms with Crippen LogP contribution >= 0.6 is 7.60 Å². The highest BCUT2D eigenvalue weighted by Crippen LogP contribution is 2.48. The lowest BCUT2D eigenvalue weighted by Crippen LogP contribution is -2.03. The number of phenols is 1. The van der Waals surface area contributed by atoms with Crippen molar-refractivity contribution in [2.24, 2.45) is 0 Å². The minimum absolute atomic E-state index is 0.0799. The van der Waals surface area contributed by atoms with Crippen molar-refractivity contribution in [2.45, 2.75) is 26.9 Å². The second-order valence-electron chi connectivity index (χ2n) is 5.89. The number of phenolic OH excluding ortho intramolecular Hbond substituents is 1. The first-order valence-electron chi connectivity index (χ1n) is 7.81. The Balaban J connectivity index is 2.40. The molecule has 0 saturated carbocycles. The highest BCUT2D eigenvalue weighted by Gasteiger charge is 2.30. The van der Waals surface area contributed by atoms with E-state index in [0.29, 0.717) is 17.5 Å². The summed E-state index contributed by atoms with van der Waals surface area (Å²) in [6, 6.07) is 0. The summed E-state index contributed by atoms with van der Waals surface area (Å²) in [5, 5.41) is 10.6. The summed E-state index contributed by atoms with van der Waals surface area (Å²) < 4.78 is 27.1. The van der Waals surface area contributed by atoms with E-state index in [2.05, 4.69) is 6.58 Å². The van der Waals surface area contributed by atoms with Crippen LogP contribution in [-0.2, 0) is 31.4 Å². The average molecular weight is 366 g/mol. The molecule has 136 valence electrons. The Morgan fingerprint density at radius 1 is 1.40 bits per heavy atom. The van der Waals surface area contributed by atoms with Crippen LogP contribution in [0, 0.1) is 6.92 Å². The van der Waals surface area contributed by atoms with Crippen LogP contribution in [0.5, 0.6) is 5.75 Å². The molecule has 1 aliphatic rings. The minimum Gasteiger partial charge on any atom is -0.507 e. The van der Waals surface area contributed by atoms with Gasteiger partial charge in [0.1, 0.15) is 17.9 Å². The van der Waals surface area contributed by atoms with E-state index in [-0.39, 0.29) is 24.1 Å². The predicted octanol–water partition coefficient (Wildman–Crippen LogP) is 3.99. The fraction of sp³-hybridized carbons (Fsp3) is 0.389. The molecule has 1 aromatic rings. The summed E-state index contributed by atoms with van der Waals surface area (Å²) in [5.74, 6) is -0.597. The largest absolute Gasteiger partial charge is 0.507 e. The highest BCUT2D eigenvalue weighted by molar-refractivity contribution is 7.54. The monoisotopic (exact) mass is 366 g/mol. The van der Waals surface area contributed by atoms with Gasteiger partial charge in [0, 0.05) is 25.3 Å². The average Bonchev–Trinajstić information content (AvgIpc) is 2.98. The summed E-state index contributed by atoms with van der Waals surface area (Å²) in [4.78, 5) is 11.9. The number of hydrogen-bond acceptors (Lipinski definition) is 6. The highest BCUT2D eigenvalue weighted by atomic mass is 31.2. The molecule has 2 rings (SSSR count). The normalized spacial score (nSPS) is 14.4. The standard InChI is InChI=1S/C18H23O6P/c1-6-13-12(3)15-9-24-18(20)16(15)17(19)14(13)8-7-11(2)10-25(21,22-4)23-5/h6-7,19H,1,8-10H2,2-5H3/b11-7+. The summed E-state index contributed by atoms with van der Waals surface area (Å²) in [6.07, 6.45) is 3.99. The van der Waals surface area contributed by atoms with Crippen molar-refractivity contribution in [2.75, 3.05) is 20.4 Å².